The van der Waals surface area contributed by atoms with E-state index in [-0.39, 0.29) is 6.03 Å². The molecule has 0 unspecified atom stereocenters. The van der Waals surface area contributed by atoms with Crippen LogP contribution in [0.3, 0.4) is 0 Å². The summed E-state index contributed by atoms with van der Waals surface area (Å²) in [4.78, 5) is 21.6. The maximum atomic E-state index is 12.4. The Labute approximate surface area is 143 Å². The van der Waals surface area contributed by atoms with Crippen LogP contribution in [0.1, 0.15) is 20.3 Å². The second-order valence-corrected chi connectivity index (χ2v) is 6.96. The van der Waals surface area contributed by atoms with Crippen LogP contribution in [0.25, 0.3) is 11.0 Å². The molecule has 0 aliphatic carbocycles. The fourth-order valence-corrected chi connectivity index (χ4v) is 3.04. The second kappa shape index (κ2) is 7.21. The molecular weight excluding hydrogens is 302 g/mol. The van der Waals surface area contributed by atoms with E-state index < -0.39 is 0 Å². The number of benzene rings is 1. The molecule has 24 heavy (non-hydrogen) atoms. The molecular formula is C18H27N5O. The third-order valence-corrected chi connectivity index (χ3v) is 4.62. The molecule has 6 nitrogen and oxygen atoms in total. The highest BCUT2D eigenvalue weighted by Gasteiger charge is 2.19. The van der Waals surface area contributed by atoms with Gasteiger partial charge in [-0.1, -0.05) is 19.9 Å². The van der Waals surface area contributed by atoms with Crippen LogP contribution < -0.4 is 10.2 Å². The topological polar surface area (TPSA) is 53.4 Å². The lowest BCUT2D eigenvalue weighted by Gasteiger charge is -2.34. The molecule has 0 saturated carbocycles. The van der Waals surface area contributed by atoms with Crippen LogP contribution in [0.15, 0.2) is 24.5 Å². The largest absolute Gasteiger partial charge is 0.367 e. The number of aromatic nitrogens is 2. The molecule has 2 heterocycles. The van der Waals surface area contributed by atoms with Gasteiger partial charge >= 0.3 is 6.03 Å². The minimum atomic E-state index is -0.103. The number of fused-ring (bicyclic) bond motifs is 1. The van der Waals surface area contributed by atoms with E-state index in [4.69, 9.17) is 0 Å². The van der Waals surface area contributed by atoms with Crippen LogP contribution in [0.4, 0.5) is 10.5 Å². The Balaban J connectivity index is 1.80. The summed E-state index contributed by atoms with van der Waals surface area (Å²) in [6.07, 6.45) is 2.61. The predicted molar refractivity (Wildman–Crippen MR) is 97.7 cm³/mol. The van der Waals surface area contributed by atoms with E-state index in [1.54, 1.807) is 10.9 Å². The van der Waals surface area contributed by atoms with Crippen molar-refractivity contribution in [3.8, 4) is 0 Å². The van der Waals surface area contributed by atoms with Gasteiger partial charge in [0.2, 0.25) is 0 Å². The van der Waals surface area contributed by atoms with E-state index >= 15 is 0 Å². The number of piperazine rings is 1. The van der Waals surface area contributed by atoms with Crippen molar-refractivity contribution < 1.29 is 4.79 Å². The average Bonchev–Trinajstić information content (AvgIpc) is 2.99. The number of hydrogen-bond acceptors (Lipinski definition) is 4. The fourth-order valence-electron chi connectivity index (χ4n) is 3.04. The van der Waals surface area contributed by atoms with Crippen LogP contribution in [0.5, 0.6) is 0 Å². The SMILES string of the molecule is CC(C)CCNC(=O)n1cnc2c(N3CCN(C)CC3)cccc21. The summed E-state index contributed by atoms with van der Waals surface area (Å²) in [5.41, 5.74) is 2.89. The van der Waals surface area contributed by atoms with E-state index in [2.05, 4.69) is 47.1 Å². The lowest BCUT2D eigenvalue weighted by Crippen LogP contribution is -2.44. The Morgan fingerprint density at radius 1 is 1.25 bits per heavy atom. The molecule has 1 amide bonds. The number of hydrogen-bond donors (Lipinski definition) is 1. The van der Waals surface area contributed by atoms with Gasteiger partial charge in [-0.15, -0.1) is 0 Å². The summed E-state index contributed by atoms with van der Waals surface area (Å²) < 4.78 is 1.62. The quantitative estimate of drug-likeness (QED) is 0.936. The third kappa shape index (κ3) is 3.53. The van der Waals surface area contributed by atoms with E-state index in [0.717, 1.165) is 49.3 Å². The highest BCUT2D eigenvalue weighted by atomic mass is 16.2. The number of carbonyl (C=O) groups excluding carboxylic acids is 1. The van der Waals surface area contributed by atoms with E-state index in [9.17, 15) is 4.79 Å². The van der Waals surface area contributed by atoms with Gasteiger partial charge in [0.05, 0.1) is 11.2 Å². The maximum absolute atomic E-state index is 12.4. The lowest BCUT2D eigenvalue weighted by atomic mass is 10.1. The normalized spacial score (nSPS) is 16.1. The van der Waals surface area contributed by atoms with E-state index in [1.165, 1.54) is 0 Å². The summed E-state index contributed by atoms with van der Waals surface area (Å²) in [5.74, 6) is 0.577. The molecule has 1 aliphatic rings. The summed E-state index contributed by atoms with van der Waals surface area (Å²) in [6, 6.07) is 5.97. The number of para-hydroxylation sites is 1. The van der Waals surface area contributed by atoms with Gasteiger partial charge in [-0.2, -0.15) is 0 Å². The number of amides is 1. The standard InChI is InChI=1S/C18H27N5O/c1-14(2)7-8-19-18(24)23-13-20-17-15(5-4-6-16(17)23)22-11-9-21(3)10-12-22/h4-6,13-14H,7-12H2,1-3H3,(H,19,24). The molecule has 0 spiro atoms. The molecule has 1 aromatic heterocycles. The first-order chi connectivity index (χ1) is 11.6. The molecule has 1 fully saturated rings. The minimum Gasteiger partial charge on any atom is -0.367 e. The van der Waals surface area contributed by atoms with E-state index in [1.807, 2.05) is 12.1 Å². The molecule has 2 aromatic rings. The molecule has 6 heteroatoms. The van der Waals surface area contributed by atoms with Crippen LogP contribution in [-0.2, 0) is 0 Å². The Hall–Kier alpha value is -2.08. The van der Waals surface area contributed by atoms with Crippen LogP contribution >= 0.6 is 0 Å². The van der Waals surface area contributed by atoms with Gasteiger partial charge in [-0.05, 0) is 31.5 Å². The molecule has 1 N–H and O–H groups in total. The monoisotopic (exact) mass is 329 g/mol. The maximum Gasteiger partial charge on any atom is 0.327 e. The summed E-state index contributed by atoms with van der Waals surface area (Å²) in [5, 5.41) is 2.98. The lowest BCUT2D eigenvalue weighted by molar-refractivity contribution is 0.242. The van der Waals surface area contributed by atoms with Crippen molar-refractivity contribution in [2.75, 3.05) is 44.7 Å². The van der Waals surface area contributed by atoms with E-state index in [0.29, 0.717) is 12.5 Å². The summed E-state index contributed by atoms with van der Waals surface area (Å²) in [6.45, 7) is 9.07. The first-order valence-electron chi connectivity index (χ1n) is 8.74. The fraction of sp³-hybridized carbons (Fsp3) is 0.556. The zero-order valence-electron chi connectivity index (χ0n) is 14.8. The molecule has 1 saturated heterocycles. The van der Waals surface area contributed by atoms with Crippen molar-refractivity contribution in [2.45, 2.75) is 20.3 Å². The van der Waals surface area contributed by atoms with Crippen LogP contribution in [0.2, 0.25) is 0 Å². The zero-order chi connectivity index (χ0) is 17.1. The van der Waals surface area contributed by atoms with Gasteiger partial charge in [0.25, 0.3) is 0 Å². The summed E-state index contributed by atoms with van der Waals surface area (Å²) >= 11 is 0. The van der Waals surface area contributed by atoms with Gasteiger partial charge in [0.15, 0.2) is 0 Å². The highest BCUT2D eigenvalue weighted by molar-refractivity contribution is 5.95. The van der Waals surface area contributed by atoms with Crippen molar-refractivity contribution in [1.82, 2.24) is 19.8 Å². The smallest absolute Gasteiger partial charge is 0.327 e. The van der Waals surface area contributed by atoms with Gasteiger partial charge < -0.3 is 15.1 Å². The van der Waals surface area contributed by atoms with Crippen molar-refractivity contribution >= 4 is 22.8 Å². The van der Waals surface area contributed by atoms with Crippen molar-refractivity contribution in [1.29, 1.82) is 0 Å². The Morgan fingerprint density at radius 3 is 2.71 bits per heavy atom. The Morgan fingerprint density at radius 2 is 2.00 bits per heavy atom. The molecule has 0 bridgehead atoms. The molecule has 3 rings (SSSR count). The Bertz CT molecular complexity index is 700. The van der Waals surface area contributed by atoms with Crippen molar-refractivity contribution in [3.05, 3.63) is 24.5 Å². The minimum absolute atomic E-state index is 0.103. The second-order valence-electron chi connectivity index (χ2n) is 6.96. The predicted octanol–water partition coefficient (Wildman–Crippen LogP) is 2.39. The number of nitrogens with zero attached hydrogens (tertiary/aromatic N) is 4. The highest BCUT2D eigenvalue weighted by Crippen LogP contribution is 2.26. The molecule has 0 atom stereocenters. The number of likely N-dealkylation sites (N-methyl/N-ethyl adjacent to an activating group) is 1. The molecule has 0 radical (unpaired) electrons. The van der Waals surface area contributed by atoms with Gasteiger partial charge in [0, 0.05) is 32.7 Å². The number of rotatable bonds is 4. The first kappa shape index (κ1) is 16.8. The van der Waals surface area contributed by atoms with Crippen molar-refractivity contribution in [3.63, 3.8) is 0 Å². The van der Waals surface area contributed by atoms with Crippen LogP contribution in [0, 0.1) is 5.92 Å². The molecule has 1 aliphatic heterocycles. The van der Waals surface area contributed by atoms with Gasteiger partial charge in [0.1, 0.15) is 11.8 Å². The number of imidazole rings is 1. The Kier molecular flexibility index (Phi) is 5.04. The number of anilines is 1. The number of carbonyl (C=O) groups is 1. The van der Waals surface area contributed by atoms with Gasteiger partial charge in [-0.25, -0.2) is 9.78 Å². The van der Waals surface area contributed by atoms with Crippen molar-refractivity contribution in [2.24, 2.45) is 5.92 Å². The summed E-state index contributed by atoms with van der Waals surface area (Å²) in [7, 11) is 2.15. The number of nitrogens with one attached hydrogen (secondary N) is 1. The van der Waals surface area contributed by atoms with Crippen LogP contribution in [-0.4, -0.2) is 60.3 Å². The first-order valence-corrected chi connectivity index (χ1v) is 8.74. The zero-order valence-corrected chi connectivity index (χ0v) is 14.8. The third-order valence-electron chi connectivity index (χ3n) is 4.62. The molecule has 1 aromatic carbocycles. The van der Waals surface area contributed by atoms with Gasteiger partial charge in [-0.3, -0.25) is 4.57 Å². The average molecular weight is 329 g/mol. The molecule has 130 valence electrons.